The van der Waals surface area contributed by atoms with Crippen LogP contribution in [0.5, 0.6) is 0 Å². The molecule has 0 radical (unpaired) electrons. The highest BCUT2D eigenvalue weighted by molar-refractivity contribution is 5.79. The topological polar surface area (TPSA) is 90.9 Å². The molecule has 11 heavy (non-hydrogen) atoms. The normalized spacial score (nSPS) is 10.0. The van der Waals surface area contributed by atoms with Crippen LogP contribution in [0.2, 0.25) is 0 Å². The Labute approximate surface area is 65.4 Å². The molecule has 1 heterocycles. The lowest BCUT2D eigenvalue weighted by molar-refractivity contribution is 1.13. The number of nitrogens with zero attached hydrogens (tertiary/aromatic N) is 1. The first-order chi connectivity index (χ1) is 5.04. The number of hydrogen-bond acceptors (Lipinski definition) is 4. The Kier molecular flexibility index (Phi) is 1.60. The van der Waals surface area contributed by atoms with E-state index in [1.807, 2.05) is 0 Å². The Bertz CT molecular complexity index is 267. The second-order valence-corrected chi connectivity index (χ2v) is 2.52. The van der Waals surface area contributed by atoms with E-state index in [-0.39, 0.29) is 0 Å². The largest absolute Gasteiger partial charge is 0.396 e. The van der Waals surface area contributed by atoms with Crippen molar-refractivity contribution in [2.75, 3.05) is 17.2 Å². The molecule has 6 N–H and O–H groups in total. The minimum atomic E-state index is 0.440. The van der Waals surface area contributed by atoms with Crippen molar-refractivity contribution in [3.63, 3.8) is 0 Å². The van der Waals surface area contributed by atoms with Crippen LogP contribution in [0.15, 0.2) is 0 Å². The highest BCUT2D eigenvalue weighted by Crippen LogP contribution is 2.26. The van der Waals surface area contributed by atoms with Crippen LogP contribution < -0.4 is 17.2 Å². The van der Waals surface area contributed by atoms with Crippen LogP contribution in [-0.2, 0) is 0 Å². The summed E-state index contributed by atoms with van der Waals surface area (Å²) >= 11 is 0. The molecule has 0 saturated heterocycles. The Morgan fingerprint density at radius 2 is 1.18 bits per heavy atom. The molecule has 0 saturated carbocycles. The summed E-state index contributed by atoms with van der Waals surface area (Å²) in [5.41, 5.74) is 19.6. The molecule has 1 rings (SSSR count). The molecule has 0 aliphatic heterocycles. The van der Waals surface area contributed by atoms with E-state index in [4.69, 9.17) is 17.2 Å². The minimum absolute atomic E-state index is 0.440. The van der Waals surface area contributed by atoms with Crippen LogP contribution in [0, 0.1) is 13.8 Å². The fourth-order valence-electron chi connectivity index (χ4n) is 0.907. The predicted octanol–water partition coefficient (Wildman–Crippen LogP) is 0.445. The van der Waals surface area contributed by atoms with Crippen molar-refractivity contribution < 1.29 is 0 Å². The molecule has 0 unspecified atom stereocenters. The van der Waals surface area contributed by atoms with Crippen LogP contribution in [0.1, 0.15) is 11.4 Å². The molecule has 4 nitrogen and oxygen atoms in total. The van der Waals surface area contributed by atoms with Gasteiger partial charge < -0.3 is 17.2 Å². The molecule has 0 atom stereocenters. The maximum absolute atomic E-state index is 5.59. The van der Waals surface area contributed by atoms with Crippen molar-refractivity contribution in [3.8, 4) is 0 Å². The van der Waals surface area contributed by atoms with Gasteiger partial charge in [-0.15, -0.1) is 0 Å². The van der Waals surface area contributed by atoms with Gasteiger partial charge in [-0.25, -0.2) is 0 Å². The van der Waals surface area contributed by atoms with E-state index >= 15 is 0 Å². The molecule has 0 amide bonds. The number of anilines is 3. The molecule has 60 valence electrons. The predicted molar refractivity (Wildman–Crippen MR) is 46.9 cm³/mol. The first-order valence-electron chi connectivity index (χ1n) is 3.31. The van der Waals surface area contributed by atoms with E-state index in [9.17, 15) is 0 Å². The molecule has 0 fully saturated rings. The Morgan fingerprint density at radius 3 is 1.55 bits per heavy atom. The van der Waals surface area contributed by atoms with Gasteiger partial charge in [0.1, 0.15) is 0 Å². The van der Waals surface area contributed by atoms with E-state index in [1.165, 1.54) is 0 Å². The van der Waals surface area contributed by atoms with Crippen molar-refractivity contribution in [3.05, 3.63) is 11.4 Å². The van der Waals surface area contributed by atoms with Crippen molar-refractivity contribution in [1.29, 1.82) is 0 Å². The zero-order valence-corrected chi connectivity index (χ0v) is 6.68. The smallest absolute Gasteiger partial charge is 0.0818 e. The van der Waals surface area contributed by atoms with E-state index in [1.54, 1.807) is 13.8 Å². The van der Waals surface area contributed by atoms with Gasteiger partial charge >= 0.3 is 0 Å². The number of aromatic nitrogens is 1. The summed E-state index contributed by atoms with van der Waals surface area (Å²) in [6.07, 6.45) is 0. The highest BCUT2D eigenvalue weighted by Gasteiger charge is 2.06. The summed E-state index contributed by atoms with van der Waals surface area (Å²) in [5, 5.41) is 0. The Balaban J connectivity index is 3.46. The second-order valence-electron chi connectivity index (χ2n) is 2.52. The van der Waals surface area contributed by atoms with Crippen LogP contribution in [0.3, 0.4) is 0 Å². The van der Waals surface area contributed by atoms with E-state index in [0.29, 0.717) is 17.1 Å². The first kappa shape index (κ1) is 7.65. The highest BCUT2D eigenvalue weighted by atomic mass is 14.8. The molecule has 0 aromatic carbocycles. The third kappa shape index (κ3) is 1.07. The van der Waals surface area contributed by atoms with Crippen LogP contribution in [0.25, 0.3) is 0 Å². The van der Waals surface area contributed by atoms with Gasteiger partial charge in [0.25, 0.3) is 0 Å². The maximum atomic E-state index is 5.59. The van der Waals surface area contributed by atoms with Crippen molar-refractivity contribution in [2.45, 2.75) is 13.8 Å². The van der Waals surface area contributed by atoms with E-state index in [2.05, 4.69) is 4.98 Å². The van der Waals surface area contributed by atoms with Gasteiger partial charge in [-0.3, -0.25) is 4.98 Å². The zero-order valence-electron chi connectivity index (χ0n) is 6.68. The average Bonchev–Trinajstić information content (AvgIpc) is 1.97. The quantitative estimate of drug-likeness (QED) is 0.503. The molecular weight excluding hydrogens is 140 g/mol. The average molecular weight is 152 g/mol. The lowest BCUT2D eigenvalue weighted by Crippen LogP contribution is -2.06. The molecule has 1 aromatic heterocycles. The van der Waals surface area contributed by atoms with Gasteiger partial charge in [0, 0.05) is 0 Å². The molecule has 0 aliphatic rings. The van der Waals surface area contributed by atoms with Crippen molar-refractivity contribution in [2.24, 2.45) is 0 Å². The van der Waals surface area contributed by atoms with Crippen LogP contribution >= 0.6 is 0 Å². The summed E-state index contributed by atoms with van der Waals surface area (Å²) in [4.78, 5) is 4.10. The molecule has 0 bridgehead atoms. The standard InChI is InChI=1S/C7H12N4/c1-3-5(8)7(10)6(9)4(2)11-3/h8-9H2,1-2H3,(H2,10,11). The van der Waals surface area contributed by atoms with Gasteiger partial charge in [0.05, 0.1) is 28.5 Å². The number of rotatable bonds is 0. The van der Waals surface area contributed by atoms with Crippen LogP contribution in [-0.4, -0.2) is 4.98 Å². The zero-order chi connectivity index (χ0) is 8.59. The summed E-state index contributed by atoms with van der Waals surface area (Å²) in [6.45, 7) is 3.61. The van der Waals surface area contributed by atoms with Gasteiger partial charge in [-0.1, -0.05) is 0 Å². The number of pyridine rings is 1. The van der Waals surface area contributed by atoms with Gasteiger partial charge in [0.15, 0.2) is 0 Å². The first-order valence-corrected chi connectivity index (χ1v) is 3.31. The van der Waals surface area contributed by atoms with Crippen molar-refractivity contribution in [1.82, 2.24) is 4.98 Å². The SMILES string of the molecule is Cc1nc(C)c(N)c(N)c1N. The Hall–Kier alpha value is -1.45. The monoisotopic (exact) mass is 152 g/mol. The van der Waals surface area contributed by atoms with Gasteiger partial charge in [0.2, 0.25) is 0 Å². The third-order valence-corrected chi connectivity index (χ3v) is 1.70. The summed E-state index contributed by atoms with van der Waals surface area (Å²) in [6, 6.07) is 0. The van der Waals surface area contributed by atoms with Gasteiger partial charge in [-0.05, 0) is 13.8 Å². The van der Waals surface area contributed by atoms with Crippen LogP contribution in [0.4, 0.5) is 17.1 Å². The fourth-order valence-corrected chi connectivity index (χ4v) is 0.907. The van der Waals surface area contributed by atoms with E-state index in [0.717, 1.165) is 11.4 Å². The van der Waals surface area contributed by atoms with Crippen molar-refractivity contribution >= 4 is 17.1 Å². The molecule has 0 aliphatic carbocycles. The van der Waals surface area contributed by atoms with Gasteiger partial charge in [-0.2, -0.15) is 0 Å². The lowest BCUT2D eigenvalue weighted by atomic mass is 10.2. The lowest BCUT2D eigenvalue weighted by Gasteiger charge is -2.08. The number of hydrogen-bond donors (Lipinski definition) is 3. The molecule has 4 heteroatoms. The molecule has 1 aromatic rings. The number of nitrogens with two attached hydrogens (primary N) is 3. The third-order valence-electron chi connectivity index (χ3n) is 1.70. The number of aryl methyl sites for hydroxylation is 2. The molecule has 0 spiro atoms. The fraction of sp³-hybridized carbons (Fsp3) is 0.286. The summed E-state index contributed by atoms with van der Waals surface area (Å²) < 4.78 is 0. The molecular formula is C7H12N4. The number of nitrogen functional groups attached to an aromatic ring is 3. The second kappa shape index (κ2) is 2.30. The Morgan fingerprint density at radius 1 is 0.818 bits per heavy atom. The summed E-state index contributed by atoms with van der Waals surface area (Å²) in [7, 11) is 0. The van der Waals surface area contributed by atoms with E-state index < -0.39 is 0 Å². The maximum Gasteiger partial charge on any atom is 0.0818 e. The minimum Gasteiger partial charge on any atom is -0.396 e. The summed E-state index contributed by atoms with van der Waals surface area (Å²) in [5.74, 6) is 0.